The van der Waals surface area contributed by atoms with E-state index >= 15 is 0 Å². The summed E-state index contributed by atoms with van der Waals surface area (Å²) in [5, 5.41) is 13.2. The molecule has 3 rings (SSSR count). The van der Waals surface area contributed by atoms with E-state index in [1.165, 1.54) is 0 Å². The number of ether oxygens (including phenoxy) is 2. The largest absolute Gasteiger partial charge is 0.466 e. The topological polar surface area (TPSA) is 105 Å². The highest BCUT2D eigenvalue weighted by Crippen LogP contribution is 2.64. The van der Waals surface area contributed by atoms with E-state index in [0.717, 1.165) is 19.3 Å². The second-order valence-corrected chi connectivity index (χ2v) is 10.3. The minimum Gasteiger partial charge on any atom is -0.466 e. The Labute approximate surface area is 197 Å². The molecule has 2 N–H and O–H groups in total. The van der Waals surface area contributed by atoms with Crippen LogP contribution in [0.5, 0.6) is 0 Å². The van der Waals surface area contributed by atoms with Gasteiger partial charge in [-0.25, -0.2) is 0 Å². The Morgan fingerprint density at radius 1 is 1.24 bits per heavy atom. The number of hydrogen-bond donors (Lipinski definition) is 2. The minimum atomic E-state index is -1.07. The molecule has 33 heavy (non-hydrogen) atoms. The maximum Gasteiger partial charge on any atom is 0.312 e. The standard InChI is InChI=1S/C25H42N2O6/c1-6-9-10-13-26-21(29)20-25-12-11-24(7-2,33-25)19(23(31)32-8-3)18(25)22(30)27(20)17(15-28)14-16(4)5/h16-20,28H,6-15H2,1-5H3,(H,26,29)/t17-,18+,19-,20?,24+,25?/m1/s1. The number of aliphatic hydroxyl groups is 1. The van der Waals surface area contributed by atoms with E-state index in [1.54, 1.807) is 11.8 Å². The lowest BCUT2D eigenvalue weighted by Gasteiger charge is -2.37. The number of rotatable bonds is 12. The van der Waals surface area contributed by atoms with Gasteiger partial charge in [0.1, 0.15) is 17.6 Å². The van der Waals surface area contributed by atoms with Crippen molar-refractivity contribution in [2.75, 3.05) is 19.8 Å². The van der Waals surface area contributed by atoms with Crippen LogP contribution in [0, 0.1) is 17.8 Å². The van der Waals surface area contributed by atoms with E-state index in [4.69, 9.17) is 9.47 Å². The number of carbonyl (C=O) groups is 3. The Morgan fingerprint density at radius 3 is 2.55 bits per heavy atom. The molecule has 188 valence electrons. The van der Waals surface area contributed by atoms with Crippen molar-refractivity contribution in [3.63, 3.8) is 0 Å². The van der Waals surface area contributed by atoms with Crippen molar-refractivity contribution in [3.05, 3.63) is 0 Å². The van der Waals surface area contributed by atoms with Crippen molar-refractivity contribution in [3.8, 4) is 0 Å². The van der Waals surface area contributed by atoms with Gasteiger partial charge in [0.2, 0.25) is 11.8 Å². The lowest BCUT2D eigenvalue weighted by molar-refractivity contribution is -0.162. The summed E-state index contributed by atoms with van der Waals surface area (Å²) in [6.45, 7) is 10.4. The van der Waals surface area contributed by atoms with Crippen molar-refractivity contribution in [1.29, 1.82) is 0 Å². The molecule has 0 aromatic rings. The molecule has 3 aliphatic rings. The van der Waals surface area contributed by atoms with E-state index in [-0.39, 0.29) is 30.9 Å². The van der Waals surface area contributed by atoms with Gasteiger partial charge in [-0.3, -0.25) is 14.4 Å². The van der Waals surface area contributed by atoms with Gasteiger partial charge in [-0.2, -0.15) is 0 Å². The second kappa shape index (κ2) is 10.3. The molecule has 2 amide bonds. The normalized spacial score (nSPS) is 33.5. The van der Waals surface area contributed by atoms with Crippen LogP contribution in [0.2, 0.25) is 0 Å². The Balaban J connectivity index is 2.03. The maximum absolute atomic E-state index is 14.0. The summed E-state index contributed by atoms with van der Waals surface area (Å²) in [6, 6.07) is -1.37. The third-order valence-corrected chi connectivity index (χ3v) is 7.83. The quantitative estimate of drug-likeness (QED) is 0.338. The van der Waals surface area contributed by atoms with Gasteiger partial charge >= 0.3 is 5.97 Å². The molecule has 3 heterocycles. The molecule has 0 aliphatic carbocycles. The Hall–Kier alpha value is -1.67. The minimum absolute atomic E-state index is 0.223. The zero-order valence-electron chi connectivity index (χ0n) is 20.9. The van der Waals surface area contributed by atoms with E-state index in [2.05, 4.69) is 12.2 Å². The number of hydrogen-bond acceptors (Lipinski definition) is 6. The predicted molar refractivity (Wildman–Crippen MR) is 123 cm³/mol. The number of nitrogens with zero attached hydrogens (tertiary/aromatic N) is 1. The fourth-order valence-electron chi connectivity index (χ4n) is 6.44. The maximum atomic E-state index is 14.0. The Morgan fingerprint density at radius 2 is 1.97 bits per heavy atom. The lowest BCUT2D eigenvalue weighted by atomic mass is 9.65. The average molecular weight is 467 g/mol. The third-order valence-electron chi connectivity index (χ3n) is 7.83. The highest BCUT2D eigenvalue weighted by atomic mass is 16.6. The zero-order valence-corrected chi connectivity index (χ0v) is 20.9. The number of likely N-dealkylation sites (tertiary alicyclic amines) is 1. The van der Waals surface area contributed by atoms with Crippen LogP contribution in [0.25, 0.3) is 0 Å². The number of esters is 1. The fraction of sp³-hybridized carbons (Fsp3) is 0.880. The summed E-state index contributed by atoms with van der Waals surface area (Å²) in [5.74, 6) is -2.22. The predicted octanol–water partition coefficient (Wildman–Crippen LogP) is 2.42. The van der Waals surface area contributed by atoms with Crippen LogP contribution in [-0.4, -0.2) is 70.8 Å². The number of unbranched alkanes of at least 4 members (excludes halogenated alkanes) is 2. The van der Waals surface area contributed by atoms with Gasteiger partial charge < -0.3 is 24.8 Å². The van der Waals surface area contributed by atoms with Crippen molar-refractivity contribution in [1.82, 2.24) is 10.2 Å². The van der Waals surface area contributed by atoms with Crippen LogP contribution < -0.4 is 5.32 Å². The molecule has 3 saturated heterocycles. The fourth-order valence-corrected chi connectivity index (χ4v) is 6.44. The smallest absolute Gasteiger partial charge is 0.312 e. The van der Waals surface area contributed by atoms with Crippen molar-refractivity contribution >= 4 is 17.8 Å². The second-order valence-electron chi connectivity index (χ2n) is 10.3. The van der Waals surface area contributed by atoms with Crippen LogP contribution in [0.3, 0.4) is 0 Å². The number of nitrogens with one attached hydrogen (secondary N) is 1. The molecule has 0 saturated carbocycles. The molecule has 8 nitrogen and oxygen atoms in total. The van der Waals surface area contributed by atoms with Crippen molar-refractivity contribution in [2.45, 2.75) is 103 Å². The molecule has 2 bridgehead atoms. The summed E-state index contributed by atoms with van der Waals surface area (Å²) in [4.78, 5) is 42.2. The summed E-state index contributed by atoms with van der Waals surface area (Å²) >= 11 is 0. The van der Waals surface area contributed by atoms with E-state index in [1.807, 2.05) is 20.8 Å². The van der Waals surface area contributed by atoms with E-state index in [9.17, 15) is 19.5 Å². The van der Waals surface area contributed by atoms with Crippen molar-refractivity contribution in [2.24, 2.45) is 17.8 Å². The molecular weight excluding hydrogens is 424 g/mol. The molecule has 1 spiro atoms. The van der Waals surface area contributed by atoms with Crippen molar-refractivity contribution < 1.29 is 29.0 Å². The molecule has 6 atom stereocenters. The van der Waals surface area contributed by atoms with Gasteiger partial charge in [0, 0.05) is 6.54 Å². The molecule has 3 fully saturated rings. The first-order valence-corrected chi connectivity index (χ1v) is 12.8. The molecule has 3 aliphatic heterocycles. The number of carbonyl (C=O) groups excluding carboxylic acids is 3. The first kappa shape index (κ1) is 25.9. The van der Waals surface area contributed by atoms with Gasteiger partial charge in [0.15, 0.2) is 0 Å². The van der Waals surface area contributed by atoms with Crippen LogP contribution in [0.1, 0.15) is 79.6 Å². The molecule has 8 heteroatoms. The van der Waals surface area contributed by atoms with E-state index in [0.29, 0.717) is 32.2 Å². The third kappa shape index (κ3) is 4.29. The van der Waals surface area contributed by atoms with Gasteiger partial charge in [-0.1, -0.05) is 40.5 Å². The van der Waals surface area contributed by atoms with Crippen LogP contribution in [0.15, 0.2) is 0 Å². The first-order valence-electron chi connectivity index (χ1n) is 12.8. The molecule has 2 unspecified atom stereocenters. The van der Waals surface area contributed by atoms with Crippen LogP contribution in [-0.2, 0) is 23.9 Å². The summed E-state index contributed by atoms with van der Waals surface area (Å²) < 4.78 is 12.0. The van der Waals surface area contributed by atoms with Crippen LogP contribution >= 0.6 is 0 Å². The van der Waals surface area contributed by atoms with Crippen LogP contribution in [0.4, 0.5) is 0 Å². The van der Waals surface area contributed by atoms with Gasteiger partial charge in [-0.15, -0.1) is 0 Å². The van der Waals surface area contributed by atoms with E-state index < -0.39 is 41.1 Å². The Kier molecular flexibility index (Phi) is 8.10. The average Bonchev–Trinajstić information content (AvgIpc) is 3.38. The molecular formula is C25H42N2O6. The van der Waals surface area contributed by atoms with Gasteiger partial charge in [0.25, 0.3) is 0 Å². The monoisotopic (exact) mass is 466 g/mol. The van der Waals surface area contributed by atoms with Gasteiger partial charge in [0.05, 0.1) is 30.8 Å². The zero-order chi connectivity index (χ0) is 24.4. The number of aliphatic hydroxyl groups excluding tert-OH is 1. The molecule has 0 aromatic carbocycles. The summed E-state index contributed by atoms with van der Waals surface area (Å²) in [6.07, 6.45) is 5.19. The molecule has 0 aromatic heterocycles. The molecule has 0 radical (unpaired) electrons. The number of amides is 2. The summed E-state index contributed by atoms with van der Waals surface area (Å²) in [7, 11) is 0. The first-order chi connectivity index (χ1) is 15.7. The number of fused-ring (bicyclic) bond motifs is 1. The summed E-state index contributed by atoms with van der Waals surface area (Å²) in [5.41, 5.74) is -1.85. The Bertz CT molecular complexity index is 742. The SMILES string of the molecule is CCCCCNC(=O)C1N([C@@H](CO)CC(C)C)C(=O)[C@@H]2[C@H](C(=O)OCC)[C@]3(CC)CCC12O3. The highest BCUT2D eigenvalue weighted by molar-refractivity contribution is 5.98. The highest BCUT2D eigenvalue weighted by Gasteiger charge is 2.79. The lowest BCUT2D eigenvalue weighted by Crippen LogP contribution is -2.58. The van der Waals surface area contributed by atoms with Gasteiger partial charge in [-0.05, 0) is 44.9 Å².